The predicted octanol–water partition coefficient (Wildman–Crippen LogP) is 0.501. The maximum Gasteiger partial charge on any atom is 0.272 e. The number of hydrogen-bond acceptors (Lipinski definition) is 3. The van der Waals surface area contributed by atoms with Gasteiger partial charge in [-0.05, 0) is 19.1 Å². The van der Waals surface area contributed by atoms with Crippen molar-refractivity contribution in [3.8, 4) is 0 Å². The molecule has 0 aliphatic heterocycles. The molecule has 1 amide bonds. The third kappa shape index (κ3) is 2.29. The molecule has 1 aromatic heterocycles. The smallest absolute Gasteiger partial charge is 0.272 e. The molecule has 4 nitrogen and oxygen atoms in total. The Balaban J connectivity index is 2.76. The van der Waals surface area contributed by atoms with Crippen molar-refractivity contribution in [2.45, 2.75) is 13.0 Å². The van der Waals surface area contributed by atoms with Crippen LogP contribution in [0.2, 0.25) is 0 Å². The third-order valence-electron chi connectivity index (χ3n) is 2.21. The van der Waals surface area contributed by atoms with E-state index in [-0.39, 0.29) is 11.9 Å². The first-order chi connectivity index (χ1) is 6.66. The molecule has 1 heterocycles. The maximum absolute atomic E-state index is 11.8. The van der Waals surface area contributed by atoms with Crippen molar-refractivity contribution >= 4 is 5.91 Å². The Morgan fingerprint density at radius 1 is 1.64 bits per heavy atom. The Labute approximate surface area is 83.7 Å². The lowest BCUT2D eigenvalue weighted by molar-refractivity contribution is 0.0742. The lowest BCUT2D eigenvalue weighted by Gasteiger charge is -2.22. The summed E-state index contributed by atoms with van der Waals surface area (Å²) in [5.41, 5.74) is 5.93. The van der Waals surface area contributed by atoms with Gasteiger partial charge < -0.3 is 10.6 Å². The summed E-state index contributed by atoms with van der Waals surface area (Å²) in [6.07, 6.45) is 1.61. The van der Waals surface area contributed by atoms with Gasteiger partial charge in [-0.3, -0.25) is 9.78 Å². The highest BCUT2D eigenvalue weighted by Crippen LogP contribution is 2.02. The van der Waals surface area contributed by atoms with Crippen LogP contribution >= 0.6 is 0 Å². The van der Waals surface area contributed by atoms with Gasteiger partial charge in [0, 0.05) is 25.8 Å². The molecule has 0 aliphatic carbocycles. The van der Waals surface area contributed by atoms with Crippen molar-refractivity contribution < 1.29 is 4.79 Å². The molecule has 1 atom stereocenters. The van der Waals surface area contributed by atoms with Crippen molar-refractivity contribution in [2.75, 3.05) is 13.6 Å². The SMILES string of the molecule is CC(CN)N(C)C(=O)c1ccccn1. The number of pyridine rings is 1. The Kier molecular flexibility index (Phi) is 3.59. The second-order valence-corrected chi connectivity index (χ2v) is 3.22. The van der Waals surface area contributed by atoms with Crippen LogP contribution < -0.4 is 5.73 Å². The number of carbonyl (C=O) groups excluding carboxylic acids is 1. The number of likely N-dealkylation sites (N-methyl/N-ethyl adjacent to an activating group) is 1. The number of rotatable bonds is 3. The van der Waals surface area contributed by atoms with Crippen molar-refractivity contribution in [1.29, 1.82) is 0 Å². The zero-order valence-electron chi connectivity index (χ0n) is 8.47. The average Bonchev–Trinajstić information content (AvgIpc) is 2.27. The number of amides is 1. The zero-order valence-corrected chi connectivity index (χ0v) is 8.47. The Morgan fingerprint density at radius 2 is 2.36 bits per heavy atom. The number of hydrogen-bond donors (Lipinski definition) is 1. The molecule has 1 rings (SSSR count). The predicted molar refractivity (Wildman–Crippen MR) is 54.8 cm³/mol. The van der Waals surface area contributed by atoms with Gasteiger partial charge in [-0.1, -0.05) is 6.07 Å². The number of nitrogens with zero attached hydrogens (tertiary/aromatic N) is 2. The fourth-order valence-electron chi connectivity index (χ4n) is 1.03. The normalized spacial score (nSPS) is 12.2. The van der Waals surface area contributed by atoms with Gasteiger partial charge in [0.25, 0.3) is 5.91 Å². The van der Waals surface area contributed by atoms with E-state index in [0.717, 1.165) is 0 Å². The van der Waals surface area contributed by atoms with Crippen LogP contribution in [-0.2, 0) is 0 Å². The average molecular weight is 193 g/mol. The largest absolute Gasteiger partial charge is 0.336 e. The molecule has 0 fully saturated rings. The minimum atomic E-state index is -0.0939. The molecule has 0 radical (unpaired) electrons. The monoisotopic (exact) mass is 193 g/mol. The summed E-state index contributed by atoms with van der Waals surface area (Å²) in [5.74, 6) is -0.0939. The van der Waals surface area contributed by atoms with Crippen LogP contribution in [-0.4, -0.2) is 35.4 Å². The number of aromatic nitrogens is 1. The second kappa shape index (κ2) is 4.72. The van der Waals surface area contributed by atoms with Crippen molar-refractivity contribution in [1.82, 2.24) is 9.88 Å². The van der Waals surface area contributed by atoms with E-state index in [2.05, 4.69) is 4.98 Å². The summed E-state index contributed by atoms with van der Waals surface area (Å²) in [5, 5.41) is 0. The van der Waals surface area contributed by atoms with Gasteiger partial charge in [0.2, 0.25) is 0 Å². The molecule has 1 aromatic rings. The van der Waals surface area contributed by atoms with Crippen LogP contribution in [0.1, 0.15) is 17.4 Å². The van der Waals surface area contributed by atoms with Gasteiger partial charge in [-0.2, -0.15) is 0 Å². The highest BCUT2D eigenvalue weighted by atomic mass is 16.2. The summed E-state index contributed by atoms with van der Waals surface area (Å²) in [4.78, 5) is 17.3. The van der Waals surface area contributed by atoms with Crippen LogP contribution in [0.15, 0.2) is 24.4 Å². The molecule has 0 aliphatic rings. The minimum absolute atomic E-state index is 0.0320. The molecule has 1 unspecified atom stereocenters. The van der Waals surface area contributed by atoms with E-state index in [9.17, 15) is 4.79 Å². The van der Waals surface area contributed by atoms with E-state index in [1.165, 1.54) is 0 Å². The fraction of sp³-hybridized carbons (Fsp3) is 0.400. The molecular weight excluding hydrogens is 178 g/mol. The van der Waals surface area contributed by atoms with E-state index in [0.29, 0.717) is 12.2 Å². The Bertz CT molecular complexity index is 299. The summed E-state index contributed by atoms with van der Waals surface area (Å²) < 4.78 is 0. The van der Waals surface area contributed by atoms with Gasteiger partial charge in [0.15, 0.2) is 0 Å². The summed E-state index contributed by atoms with van der Waals surface area (Å²) >= 11 is 0. The summed E-state index contributed by atoms with van der Waals surface area (Å²) in [6.45, 7) is 2.36. The molecule has 4 heteroatoms. The van der Waals surface area contributed by atoms with Crippen LogP contribution in [0.5, 0.6) is 0 Å². The van der Waals surface area contributed by atoms with Crippen LogP contribution in [0.3, 0.4) is 0 Å². The molecule has 0 aromatic carbocycles. The zero-order chi connectivity index (χ0) is 10.6. The number of nitrogens with two attached hydrogens (primary N) is 1. The molecule has 0 saturated carbocycles. The van der Waals surface area contributed by atoms with Gasteiger partial charge in [0.05, 0.1) is 0 Å². The van der Waals surface area contributed by atoms with Crippen LogP contribution in [0.25, 0.3) is 0 Å². The molecule has 2 N–H and O–H groups in total. The first-order valence-electron chi connectivity index (χ1n) is 4.55. The molecule has 0 spiro atoms. The highest BCUT2D eigenvalue weighted by molar-refractivity contribution is 5.92. The second-order valence-electron chi connectivity index (χ2n) is 3.22. The maximum atomic E-state index is 11.8. The van der Waals surface area contributed by atoms with Crippen LogP contribution in [0.4, 0.5) is 0 Å². The van der Waals surface area contributed by atoms with Gasteiger partial charge in [-0.25, -0.2) is 0 Å². The van der Waals surface area contributed by atoms with Crippen molar-refractivity contribution in [3.05, 3.63) is 30.1 Å². The molecular formula is C10H15N3O. The first kappa shape index (κ1) is 10.7. The topological polar surface area (TPSA) is 59.2 Å². The summed E-state index contributed by atoms with van der Waals surface area (Å²) in [7, 11) is 1.73. The third-order valence-corrected chi connectivity index (χ3v) is 2.21. The van der Waals surface area contributed by atoms with E-state index in [1.54, 1.807) is 36.3 Å². The van der Waals surface area contributed by atoms with E-state index in [1.807, 2.05) is 6.92 Å². The number of carbonyl (C=O) groups is 1. The lowest BCUT2D eigenvalue weighted by Crippen LogP contribution is -2.40. The quantitative estimate of drug-likeness (QED) is 0.760. The fourth-order valence-corrected chi connectivity index (χ4v) is 1.03. The molecule has 76 valence electrons. The van der Waals surface area contributed by atoms with E-state index < -0.39 is 0 Å². The van der Waals surface area contributed by atoms with Crippen molar-refractivity contribution in [3.63, 3.8) is 0 Å². The first-order valence-corrected chi connectivity index (χ1v) is 4.55. The Morgan fingerprint density at radius 3 is 2.86 bits per heavy atom. The standard InChI is InChI=1S/C10H15N3O/c1-8(7-11)13(2)10(14)9-5-3-4-6-12-9/h3-6,8H,7,11H2,1-2H3. The van der Waals surface area contributed by atoms with E-state index >= 15 is 0 Å². The minimum Gasteiger partial charge on any atom is -0.336 e. The lowest BCUT2D eigenvalue weighted by atomic mass is 10.2. The van der Waals surface area contributed by atoms with Gasteiger partial charge in [-0.15, -0.1) is 0 Å². The highest BCUT2D eigenvalue weighted by Gasteiger charge is 2.16. The molecule has 0 saturated heterocycles. The summed E-state index contributed by atoms with van der Waals surface area (Å²) in [6, 6.07) is 5.30. The molecule has 14 heavy (non-hydrogen) atoms. The molecule has 0 bridgehead atoms. The van der Waals surface area contributed by atoms with Crippen molar-refractivity contribution in [2.24, 2.45) is 5.73 Å². The van der Waals surface area contributed by atoms with Gasteiger partial charge >= 0.3 is 0 Å². The van der Waals surface area contributed by atoms with Crippen LogP contribution in [0, 0.1) is 0 Å². The Hall–Kier alpha value is -1.42. The van der Waals surface area contributed by atoms with Gasteiger partial charge in [0.1, 0.15) is 5.69 Å². The van der Waals surface area contributed by atoms with E-state index in [4.69, 9.17) is 5.73 Å².